The molecule has 0 bridgehead atoms. The van der Waals surface area contributed by atoms with Crippen molar-refractivity contribution in [3.05, 3.63) is 23.0 Å². The predicted octanol–water partition coefficient (Wildman–Crippen LogP) is 5.68. The molecular formula is C20H35NO2. The van der Waals surface area contributed by atoms with E-state index in [1.54, 1.807) is 0 Å². The summed E-state index contributed by atoms with van der Waals surface area (Å²) < 4.78 is 7.51. The lowest BCUT2D eigenvalue weighted by Crippen LogP contribution is -2.09. The van der Waals surface area contributed by atoms with Gasteiger partial charge in [-0.15, -0.1) is 0 Å². The lowest BCUT2D eigenvalue weighted by Gasteiger charge is -2.07. The first-order chi connectivity index (χ1) is 11.2. The van der Waals surface area contributed by atoms with Crippen molar-refractivity contribution in [2.75, 3.05) is 6.61 Å². The summed E-state index contributed by atoms with van der Waals surface area (Å²) in [5, 5.41) is 0. The number of esters is 1. The second-order valence-corrected chi connectivity index (χ2v) is 6.40. The van der Waals surface area contributed by atoms with Crippen molar-refractivity contribution < 1.29 is 9.53 Å². The van der Waals surface area contributed by atoms with Gasteiger partial charge in [-0.1, -0.05) is 52.4 Å². The Hall–Kier alpha value is -1.25. The van der Waals surface area contributed by atoms with Crippen LogP contribution in [0.5, 0.6) is 0 Å². The van der Waals surface area contributed by atoms with Crippen molar-refractivity contribution in [1.29, 1.82) is 0 Å². The second kappa shape index (κ2) is 11.3. The molecule has 0 amide bonds. The van der Waals surface area contributed by atoms with Crippen molar-refractivity contribution in [2.24, 2.45) is 0 Å². The van der Waals surface area contributed by atoms with E-state index in [9.17, 15) is 4.79 Å². The lowest BCUT2D eigenvalue weighted by molar-refractivity contribution is 0.0524. The maximum atomic E-state index is 12.3. The fourth-order valence-corrected chi connectivity index (χ4v) is 3.05. The molecule has 0 atom stereocenters. The van der Waals surface area contributed by atoms with E-state index < -0.39 is 0 Å². The summed E-state index contributed by atoms with van der Waals surface area (Å²) in [7, 11) is 0. The summed E-state index contributed by atoms with van der Waals surface area (Å²) in [5.74, 6) is -0.152. The number of carbonyl (C=O) groups excluding carboxylic acids is 1. The van der Waals surface area contributed by atoms with Crippen LogP contribution in [0.25, 0.3) is 0 Å². The summed E-state index contributed by atoms with van der Waals surface area (Å²) in [6.07, 6.45) is 13.1. The van der Waals surface area contributed by atoms with Crippen molar-refractivity contribution >= 4 is 5.97 Å². The van der Waals surface area contributed by atoms with Gasteiger partial charge in [0.2, 0.25) is 0 Å². The van der Waals surface area contributed by atoms with Crippen LogP contribution in [0.4, 0.5) is 0 Å². The number of unbranched alkanes of at least 4 members (excludes halogenated alkanes) is 6. The smallest absolute Gasteiger partial charge is 0.340 e. The highest BCUT2D eigenvalue weighted by Gasteiger charge is 2.19. The number of hydrogen-bond acceptors (Lipinski definition) is 2. The number of aryl methyl sites for hydroxylation is 2. The molecular weight excluding hydrogens is 286 g/mol. The maximum Gasteiger partial charge on any atom is 0.340 e. The quantitative estimate of drug-likeness (QED) is 0.366. The Kier molecular flexibility index (Phi) is 9.74. The van der Waals surface area contributed by atoms with Crippen molar-refractivity contribution in [1.82, 2.24) is 4.57 Å². The van der Waals surface area contributed by atoms with E-state index >= 15 is 0 Å². The monoisotopic (exact) mass is 321 g/mol. The van der Waals surface area contributed by atoms with Gasteiger partial charge in [0.1, 0.15) is 0 Å². The zero-order valence-electron chi connectivity index (χ0n) is 15.6. The third kappa shape index (κ3) is 6.40. The SMILES string of the molecule is CCCCCCCCc1cn(CCCC)c(C)c1C(=O)OCC. The normalized spacial score (nSPS) is 11.0. The molecule has 3 nitrogen and oxygen atoms in total. The zero-order valence-corrected chi connectivity index (χ0v) is 15.6. The standard InChI is InChI=1S/C20H35NO2/c1-5-8-10-11-12-13-14-18-16-21(15-9-6-2)17(4)19(18)20(22)23-7-3/h16H,5-15H2,1-4H3. The first-order valence-electron chi connectivity index (χ1n) is 9.51. The number of rotatable bonds is 12. The van der Waals surface area contributed by atoms with Gasteiger partial charge in [-0.2, -0.15) is 0 Å². The van der Waals surface area contributed by atoms with Gasteiger partial charge >= 0.3 is 5.97 Å². The van der Waals surface area contributed by atoms with Crippen molar-refractivity contribution in [3.8, 4) is 0 Å². The summed E-state index contributed by atoms with van der Waals surface area (Å²) in [5.41, 5.74) is 3.06. The highest BCUT2D eigenvalue weighted by atomic mass is 16.5. The molecule has 3 heteroatoms. The Balaban J connectivity index is 2.72. The van der Waals surface area contributed by atoms with Crippen LogP contribution in [0.2, 0.25) is 0 Å². The van der Waals surface area contributed by atoms with Crippen LogP contribution in [0.1, 0.15) is 93.8 Å². The molecule has 132 valence electrons. The Morgan fingerprint density at radius 1 is 1.00 bits per heavy atom. The highest BCUT2D eigenvalue weighted by molar-refractivity contribution is 5.92. The minimum atomic E-state index is -0.152. The van der Waals surface area contributed by atoms with Gasteiger partial charge in [0.05, 0.1) is 12.2 Å². The van der Waals surface area contributed by atoms with Crippen molar-refractivity contribution in [2.45, 2.75) is 92.0 Å². The summed E-state index contributed by atoms with van der Waals surface area (Å²) in [4.78, 5) is 12.3. The molecule has 0 aliphatic heterocycles. The van der Waals surface area contributed by atoms with E-state index in [1.165, 1.54) is 44.1 Å². The van der Waals surface area contributed by atoms with Crippen LogP contribution < -0.4 is 0 Å². The third-order valence-electron chi connectivity index (χ3n) is 4.46. The second-order valence-electron chi connectivity index (χ2n) is 6.40. The molecule has 0 radical (unpaired) electrons. The van der Waals surface area contributed by atoms with E-state index in [0.717, 1.165) is 37.1 Å². The van der Waals surface area contributed by atoms with Crippen LogP contribution in [0, 0.1) is 6.92 Å². The summed E-state index contributed by atoms with van der Waals surface area (Å²) >= 11 is 0. The third-order valence-corrected chi connectivity index (χ3v) is 4.46. The fourth-order valence-electron chi connectivity index (χ4n) is 3.05. The summed E-state index contributed by atoms with van der Waals surface area (Å²) in [6, 6.07) is 0. The molecule has 1 rings (SSSR count). The van der Waals surface area contributed by atoms with E-state index in [1.807, 2.05) is 13.8 Å². The number of hydrogen-bond donors (Lipinski definition) is 0. The van der Waals surface area contributed by atoms with Gasteiger partial charge in [-0.05, 0) is 38.7 Å². The molecule has 0 unspecified atom stereocenters. The average Bonchev–Trinajstić information content (AvgIpc) is 2.85. The zero-order chi connectivity index (χ0) is 17.1. The molecule has 0 aromatic carbocycles. The number of carbonyl (C=O) groups is 1. The first kappa shape index (κ1) is 19.8. The lowest BCUT2D eigenvalue weighted by atomic mass is 10.0. The fraction of sp³-hybridized carbons (Fsp3) is 0.750. The van der Waals surface area contributed by atoms with Crippen LogP contribution in [0.3, 0.4) is 0 Å². The number of ether oxygens (including phenoxy) is 1. The van der Waals surface area contributed by atoms with Crippen LogP contribution in [0.15, 0.2) is 6.20 Å². The van der Waals surface area contributed by atoms with Gasteiger partial charge in [0.15, 0.2) is 0 Å². The van der Waals surface area contributed by atoms with E-state index in [2.05, 4.69) is 24.6 Å². The van der Waals surface area contributed by atoms with Gasteiger partial charge in [0.25, 0.3) is 0 Å². The van der Waals surface area contributed by atoms with Gasteiger partial charge in [0, 0.05) is 18.4 Å². The Bertz CT molecular complexity index is 462. The predicted molar refractivity (Wildman–Crippen MR) is 97.1 cm³/mol. The molecule has 0 saturated heterocycles. The van der Waals surface area contributed by atoms with E-state index in [0.29, 0.717) is 6.61 Å². The minimum Gasteiger partial charge on any atom is -0.462 e. The first-order valence-corrected chi connectivity index (χ1v) is 9.51. The molecule has 1 heterocycles. The van der Waals surface area contributed by atoms with Gasteiger partial charge in [-0.25, -0.2) is 4.79 Å². The van der Waals surface area contributed by atoms with Crippen LogP contribution in [-0.2, 0) is 17.7 Å². The van der Waals surface area contributed by atoms with Crippen molar-refractivity contribution in [3.63, 3.8) is 0 Å². The molecule has 0 aliphatic carbocycles. The van der Waals surface area contributed by atoms with Crippen LogP contribution >= 0.6 is 0 Å². The minimum absolute atomic E-state index is 0.152. The molecule has 1 aromatic rings. The van der Waals surface area contributed by atoms with E-state index in [4.69, 9.17) is 4.74 Å². The molecule has 0 saturated carbocycles. The molecule has 0 N–H and O–H groups in total. The molecule has 1 aromatic heterocycles. The van der Waals surface area contributed by atoms with Crippen LogP contribution in [-0.4, -0.2) is 17.1 Å². The number of aromatic nitrogens is 1. The van der Waals surface area contributed by atoms with E-state index in [-0.39, 0.29) is 5.97 Å². The Morgan fingerprint density at radius 2 is 1.65 bits per heavy atom. The molecule has 0 fully saturated rings. The van der Waals surface area contributed by atoms with Gasteiger partial charge in [-0.3, -0.25) is 0 Å². The Labute approximate surface area is 142 Å². The summed E-state index contributed by atoms with van der Waals surface area (Å²) in [6.45, 7) is 9.79. The van der Waals surface area contributed by atoms with Gasteiger partial charge < -0.3 is 9.30 Å². The molecule has 23 heavy (non-hydrogen) atoms. The average molecular weight is 322 g/mol. The Morgan fingerprint density at radius 3 is 2.30 bits per heavy atom. The molecule has 0 aliphatic rings. The topological polar surface area (TPSA) is 31.2 Å². The molecule has 0 spiro atoms. The number of nitrogens with zero attached hydrogens (tertiary/aromatic N) is 1. The maximum absolute atomic E-state index is 12.3. The largest absolute Gasteiger partial charge is 0.462 e. The highest BCUT2D eigenvalue weighted by Crippen LogP contribution is 2.22.